The molecule has 3 aromatic rings. The smallest absolute Gasteiger partial charge is 0.322 e. The molecule has 0 aliphatic carbocycles. The Hall–Kier alpha value is -3.12. The molecule has 0 spiro atoms. The number of urea groups is 1. The first-order valence-electron chi connectivity index (χ1n) is 11.4. The van der Waals surface area contributed by atoms with Gasteiger partial charge in [0.25, 0.3) is 5.56 Å². The zero-order valence-corrected chi connectivity index (χ0v) is 19.1. The van der Waals surface area contributed by atoms with Gasteiger partial charge in [-0.3, -0.25) is 9.69 Å². The van der Waals surface area contributed by atoms with Gasteiger partial charge in [-0.1, -0.05) is 31.2 Å². The lowest BCUT2D eigenvalue weighted by Gasteiger charge is -2.30. The molecule has 2 amide bonds. The van der Waals surface area contributed by atoms with Crippen molar-refractivity contribution in [2.45, 2.75) is 46.2 Å². The van der Waals surface area contributed by atoms with Crippen molar-refractivity contribution in [3.05, 3.63) is 75.6 Å². The number of benzene rings is 2. The van der Waals surface area contributed by atoms with E-state index in [9.17, 15) is 9.59 Å². The average molecular weight is 433 g/mol. The molecule has 1 aliphatic rings. The number of carbonyl (C=O) groups excluding carboxylic acids is 1. The zero-order valence-electron chi connectivity index (χ0n) is 19.1. The quantitative estimate of drug-likeness (QED) is 0.595. The Balaban J connectivity index is 1.64. The minimum atomic E-state index is -0.181. The monoisotopic (exact) mass is 432 g/mol. The van der Waals surface area contributed by atoms with Crippen LogP contribution in [0.5, 0.6) is 0 Å². The van der Waals surface area contributed by atoms with Gasteiger partial charge in [-0.25, -0.2) is 4.79 Å². The number of hydrogen-bond acceptors (Lipinski definition) is 3. The van der Waals surface area contributed by atoms with Gasteiger partial charge in [0.15, 0.2) is 0 Å². The van der Waals surface area contributed by atoms with Crippen LogP contribution < -0.4 is 10.9 Å². The summed E-state index contributed by atoms with van der Waals surface area (Å²) in [7, 11) is 0. The molecular weight excluding hydrogens is 400 g/mol. The number of aromatic nitrogens is 1. The fraction of sp³-hybridized carbons (Fsp3) is 0.385. The molecule has 32 heavy (non-hydrogen) atoms. The van der Waals surface area contributed by atoms with Crippen molar-refractivity contribution in [2.75, 3.05) is 25.0 Å². The first-order chi connectivity index (χ1) is 15.4. The number of nitrogens with one attached hydrogen (secondary N) is 2. The number of amides is 2. The number of anilines is 1. The third-order valence-electron chi connectivity index (χ3n) is 6.40. The summed E-state index contributed by atoms with van der Waals surface area (Å²) in [6.07, 6.45) is 2.21. The van der Waals surface area contributed by atoms with E-state index in [-0.39, 0.29) is 18.1 Å². The molecular formula is C26H32N4O2. The summed E-state index contributed by atoms with van der Waals surface area (Å²) in [6, 6.07) is 15.6. The van der Waals surface area contributed by atoms with Gasteiger partial charge in [-0.15, -0.1) is 0 Å². The first kappa shape index (κ1) is 22.1. The maximum absolute atomic E-state index is 13.3. The van der Waals surface area contributed by atoms with E-state index in [0.717, 1.165) is 53.6 Å². The maximum Gasteiger partial charge on any atom is 0.322 e. The molecule has 0 unspecified atom stereocenters. The van der Waals surface area contributed by atoms with Crippen molar-refractivity contribution in [2.24, 2.45) is 0 Å². The van der Waals surface area contributed by atoms with Gasteiger partial charge in [0.2, 0.25) is 0 Å². The van der Waals surface area contributed by atoms with Crippen LogP contribution in [0.4, 0.5) is 10.5 Å². The Bertz CT molecular complexity index is 1160. The van der Waals surface area contributed by atoms with Gasteiger partial charge in [0.05, 0.1) is 6.54 Å². The van der Waals surface area contributed by atoms with Crippen LogP contribution >= 0.6 is 0 Å². The predicted molar refractivity (Wildman–Crippen MR) is 130 cm³/mol. The number of fused-ring (bicyclic) bond motifs is 1. The lowest BCUT2D eigenvalue weighted by molar-refractivity contribution is 0.174. The van der Waals surface area contributed by atoms with Crippen LogP contribution in [0.3, 0.4) is 0 Å². The van der Waals surface area contributed by atoms with Crippen LogP contribution in [0, 0.1) is 13.8 Å². The number of carbonyl (C=O) groups is 1. The molecule has 168 valence electrons. The van der Waals surface area contributed by atoms with Crippen LogP contribution in [0.1, 0.15) is 36.5 Å². The predicted octanol–water partition coefficient (Wildman–Crippen LogP) is 4.66. The summed E-state index contributed by atoms with van der Waals surface area (Å²) < 4.78 is 0. The van der Waals surface area contributed by atoms with Crippen molar-refractivity contribution in [1.82, 2.24) is 14.8 Å². The summed E-state index contributed by atoms with van der Waals surface area (Å²) in [5, 5.41) is 4.02. The van der Waals surface area contributed by atoms with E-state index in [0.29, 0.717) is 18.2 Å². The Kier molecular flexibility index (Phi) is 6.61. The average Bonchev–Trinajstić information content (AvgIpc) is 3.22. The van der Waals surface area contributed by atoms with E-state index >= 15 is 0 Å². The number of nitrogens with zero attached hydrogens (tertiary/aromatic N) is 2. The SMILES string of the molecule is CCN1CCC[C@@H]1CN(Cc1cc2c(C)cc(C)cc2[nH]c1=O)C(=O)Nc1ccccc1. The third-order valence-corrected chi connectivity index (χ3v) is 6.40. The van der Waals surface area contributed by atoms with Gasteiger partial charge in [-0.2, -0.15) is 0 Å². The van der Waals surface area contributed by atoms with Crippen molar-refractivity contribution >= 4 is 22.6 Å². The molecule has 2 N–H and O–H groups in total. The van der Waals surface area contributed by atoms with Crippen LogP contribution in [0.2, 0.25) is 0 Å². The highest BCUT2D eigenvalue weighted by molar-refractivity contribution is 5.89. The van der Waals surface area contributed by atoms with Crippen molar-refractivity contribution in [3.8, 4) is 0 Å². The van der Waals surface area contributed by atoms with E-state index in [1.807, 2.05) is 49.4 Å². The Morgan fingerprint density at radius 3 is 2.72 bits per heavy atom. The van der Waals surface area contributed by atoms with E-state index in [1.54, 1.807) is 4.90 Å². The summed E-state index contributed by atoms with van der Waals surface area (Å²) >= 11 is 0. The van der Waals surface area contributed by atoms with E-state index < -0.39 is 0 Å². The van der Waals surface area contributed by atoms with Crippen molar-refractivity contribution < 1.29 is 4.79 Å². The summed E-state index contributed by atoms with van der Waals surface area (Å²) in [4.78, 5) is 33.4. The Labute approximate surface area is 189 Å². The highest BCUT2D eigenvalue weighted by Crippen LogP contribution is 2.22. The lowest BCUT2D eigenvalue weighted by Crippen LogP contribution is -2.45. The molecule has 1 atom stereocenters. The van der Waals surface area contributed by atoms with Crippen LogP contribution in [0.25, 0.3) is 10.9 Å². The number of hydrogen-bond donors (Lipinski definition) is 2. The number of para-hydroxylation sites is 1. The molecule has 1 aromatic heterocycles. The molecule has 2 aromatic carbocycles. The number of likely N-dealkylation sites (N-methyl/N-ethyl adjacent to an activating group) is 1. The van der Waals surface area contributed by atoms with Gasteiger partial charge < -0.3 is 15.2 Å². The fourth-order valence-corrected chi connectivity index (χ4v) is 4.76. The van der Waals surface area contributed by atoms with E-state index in [4.69, 9.17) is 0 Å². The van der Waals surface area contributed by atoms with Gasteiger partial charge in [0.1, 0.15) is 0 Å². The van der Waals surface area contributed by atoms with Crippen LogP contribution in [-0.2, 0) is 6.54 Å². The molecule has 1 aliphatic heterocycles. The van der Waals surface area contributed by atoms with Crippen molar-refractivity contribution in [1.29, 1.82) is 0 Å². The number of aryl methyl sites for hydroxylation is 2. The van der Waals surface area contributed by atoms with Gasteiger partial charge in [-0.05, 0) is 75.2 Å². The summed E-state index contributed by atoms with van der Waals surface area (Å²) in [6.45, 7) is 9.12. The third kappa shape index (κ3) is 4.86. The second kappa shape index (κ2) is 9.57. The van der Waals surface area contributed by atoms with Crippen LogP contribution in [0.15, 0.2) is 53.3 Å². The van der Waals surface area contributed by atoms with Crippen molar-refractivity contribution in [3.63, 3.8) is 0 Å². The topological polar surface area (TPSA) is 68.4 Å². The molecule has 6 heteroatoms. The number of rotatable bonds is 6. The lowest BCUT2D eigenvalue weighted by atomic mass is 10.0. The summed E-state index contributed by atoms with van der Waals surface area (Å²) in [5.74, 6) is 0. The van der Waals surface area contributed by atoms with E-state index in [1.165, 1.54) is 0 Å². The summed E-state index contributed by atoms with van der Waals surface area (Å²) in [5.41, 5.74) is 4.28. The van der Waals surface area contributed by atoms with Gasteiger partial charge in [0, 0.05) is 34.7 Å². The number of aromatic amines is 1. The molecule has 6 nitrogen and oxygen atoms in total. The molecule has 2 heterocycles. The molecule has 0 saturated carbocycles. The van der Waals surface area contributed by atoms with E-state index in [2.05, 4.69) is 35.1 Å². The Morgan fingerprint density at radius 2 is 1.97 bits per heavy atom. The molecule has 0 bridgehead atoms. The first-order valence-corrected chi connectivity index (χ1v) is 11.4. The van der Waals surface area contributed by atoms with Gasteiger partial charge >= 0.3 is 6.03 Å². The fourth-order valence-electron chi connectivity index (χ4n) is 4.76. The maximum atomic E-state index is 13.3. The molecule has 1 saturated heterocycles. The number of H-pyrrole nitrogens is 1. The minimum Gasteiger partial charge on any atom is -0.322 e. The molecule has 0 radical (unpaired) electrons. The zero-order chi connectivity index (χ0) is 22.7. The molecule has 1 fully saturated rings. The number of pyridine rings is 1. The second-order valence-electron chi connectivity index (χ2n) is 8.77. The minimum absolute atomic E-state index is 0.140. The normalized spacial score (nSPS) is 16.4. The second-order valence-corrected chi connectivity index (χ2v) is 8.77. The molecule has 4 rings (SSSR count). The van der Waals surface area contributed by atoms with Crippen LogP contribution in [-0.4, -0.2) is 46.5 Å². The highest BCUT2D eigenvalue weighted by atomic mass is 16.2. The standard InChI is InChI=1S/C26H32N4O2/c1-4-29-12-8-11-22(29)17-30(26(32)27-21-9-6-5-7-10-21)16-20-15-23-19(3)13-18(2)14-24(23)28-25(20)31/h5-7,9-10,13-15,22H,4,8,11-12,16-17H2,1-3H3,(H,27,32)(H,28,31)/t22-/m1/s1. The largest absolute Gasteiger partial charge is 0.322 e. The Morgan fingerprint density at radius 1 is 1.19 bits per heavy atom. The number of likely N-dealkylation sites (tertiary alicyclic amines) is 1. The highest BCUT2D eigenvalue weighted by Gasteiger charge is 2.28.